The molecule has 6 fully saturated rings. The summed E-state index contributed by atoms with van der Waals surface area (Å²) in [5.74, 6) is -0.803. The Morgan fingerprint density at radius 1 is 1.07 bits per heavy atom. The highest BCUT2D eigenvalue weighted by atomic mass is 16.7. The maximum atomic E-state index is 14.7. The highest BCUT2D eigenvalue weighted by Gasteiger charge is 2.90. The van der Waals surface area contributed by atoms with Crippen LogP contribution in [0.25, 0.3) is 0 Å². The fourth-order valence-electron chi connectivity index (χ4n) is 11.0. The second-order valence-electron chi connectivity index (χ2n) is 15.7. The van der Waals surface area contributed by atoms with Crippen molar-refractivity contribution < 1.29 is 42.9 Å². The Balaban J connectivity index is 1.34. The van der Waals surface area contributed by atoms with Gasteiger partial charge in [0.15, 0.2) is 11.9 Å². The van der Waals surface area contributed by atoms with Gasteiger partial charge in [-0.15, -0.1) is 0 Å². The van der Waals surface area contributed by atoms with Gasteiger partial charge in [0.25, 0.3) is 0 Å². The van der Waals surface area contributed by atoms with Crippen LogP contribution in [0.1, 0.15) is 110 Å². The number of unbranched alkanes of at least 4 members (excludes halogenated alkanes) is 2. The van der Waals surface area contributed by atoms with E-state index in [-0.39, 0.29) is 30.7 Å². The van der Waals surface area contributed by atoms with E-state index < -0.39 is 63.8 Å². The second kappa shape index (κ2) is 9.88. The number of cyclic esters (lactones) is 2. The van der Waals surface area contributed by atoms with Crippen molar-refractivity contribution in [3.8, 4) is 0 Å². The minimum absolute atomic E-state index is 0.0613. The normalized spacial score (nSPS) is 47.2. The molecular weight excluding hydrogens is 564 g/mol. The van der Waals surface area contributed by atoms with Gasteiger partial charge in [-0.1, -0.05) is 47.5 Å². The van der Waals surface area contributed by atoms with E-state index >= 15 is 0 Å². The molecule has 5 heterocycles. The third-order valence-corrected chi connectivity index (χ3v) is 13.0. The largest absolute Gasteiger partial charge is 0.469 e. The summed E-state index contributed by atoms with van der Waals surface area (Å²) in [5.41, 5.74) is -3.84. The van der Waals surface area contributed by atoms with E-state index in [1.807, 2.05) is 19.9 Å². The maximum absolute atomic E-state index is 14.7. The van der Waals surface area contributed by atoms with Gasteiger partial charge in [-0.05, 0) is 56.9 Å². The van der Waals surface area contributed by atoms with Gasteiger partial charge in [-0.3, -0.25) is 9.59 Å². The van der Waals surface area contributed by atoms with Crippen molar-refractivity contribution in [1.82, 2.24) is 0 Å². The number of aliphatic hydroxyl groups is 1. The zero-order chi connectivity index (χ0) is 31.4. The zero-order valence-electron chi connectivity index (χ0n) is 27.0. The SMILES string of the molecule is CCCCCc1occc1[C@H]1OC(=O)[C@H]2O[C@@]23[C@]2(C)[C@H](O)C(=O)[C@@H]4[C@]5(COC(=O)C[C@@H]5O[C@@]4(C)CCC(C)C)[C@@H]2CC[C@]13C. The molecule has 242 valence electrons. The molecule has 44 heavy (non-hydrogen) atoms. The molecule has 1 aromatic heterocycles. The lowest BCUT2D eigenvalue weighted by atomic mass is 9.36. The van der Waals surface area contributed by atoms with E-state index in [2.05, 4.69) is 27.7 Å². The first-order valence-corrected chi connectivity index (χ1v) is 16.8. The van der Waals surface area contributed by atoms with E-state index in [0.29, 0.717) is 25.2 Å². The van der Waals surface area contributed by atoms with Gasteiger partial charge in [0.1, 0.15) is 30.2 Å². The molecule has 7 rings (SSSR count). The molecule has 9 nitrogen and oxygen atoms in total. The molecule has 2 spiro atoms. The number of furan rings is 1. The average Bonchev–Trinajstić information content (AvgIpc) is 3.51. The summed E-state index contributed by atoms with van der Waals surface area (Å²) in [6.07, 6.45) is 4.91. The molecule has 2 saturated carbocycles. The summed E-state index contributed by atoms with van der Waals surface area (Å²) in [5, 5.41) is 12.3. The quantitative estimate of drug-likeness (QED) is 0.238. The highest BCUT2D eigenvalue weighted by Crippen LogP contribution is 2.80. The maximum Gasteiger partial charge on any atom is 0.339 e. The van der Waals surface area contributed by atoms with Crippen molar-refractivity contribution in [2.75, 3.05) is 6.61 Å². The highest BCUT2D eigenvalue weighted by molar-refractivity contribution is 5.92. The van der Waals surface area contributed by atoms with Crippen LogP contribution in [0.3, 0.4) is 0 Å². The first-order chi connectivity index (χ1) is 20.8. The lowest BCUT2D eigenvalue weighted by Crippen LogP contribution is -2.76. The average molecular weight is 613 g/mol. The van der Waals surface area contributed by atoms with Crippen LogP contribution in [0.4, 0.5) is 0 Å². The number of carbonyl (C=O) groups is 3. The van der Waals surface area contributed by atoms with E-state index in [9.17, 15) is 19.5 Å². The number of hydrogen-bond acceptors (Lipinski definition) is 9. The zero-order valence-corrected chi connectivity index (χ0v) is 27.0. The summed E-state index contributed by atoms with van der Waals surface area (Å²) in [4.78, 5) is 41.1. The van der Waals surface area contributed by atoms with Crippen molar-refractivity contribution >= 4 is 17.7 Å². The third-order valence-electron chi connectivity index (χ3n) is 13.0. The van der Waals surface area contributed by atoms with Crippen LogP contribution in [0.15, 0.2) is 16.7 Å². The molecular formula is C35H48O9. The van der Waals surface area contributed by atoms with Gasteiger partial charge in [0.05, 0.1) is 30.3 Å². The molecule has 4 aliphatic heterocycles. The van der Waals surface area contributed by atoms with Gasteiger partial charge in [-0.2, -0.15) is 0 Å². The smallest absolute Gasteiger partial charge is 0.339 e. The minimum Gasteiger partial charge on any atom is -0.469 e. The molecule has 0 bridgehead atoms. The van der Waals surface area contributed by atoms with E-state index in [0.717, 1.165) is 43.4 Å². The van der Waals surface area contributed by atoms with Gasteiger partial charge in [0.2, 0.25) is 0 Å². The Bertz CT molecular complexity index is 1370. The Labute approximate surface area is 259 Å². The van der Waals surface area contributed by atoms with Crippen molar-refractivity contribution in [2.24, 2.45) is 34.0 Å². The molecule has 9 heteroatoms. The van der Waals surface area contributed by atoms with Gasteiger partial charge in [0, 0.05) is 28.2 Å². The number of hydrogen-bond donors (Lipinski definition) is 1. The standard InChI is InChI=1S/C35H48O9/c1-7-8-9-10-21-20(13-16-40-21)28-31(4)14-12-22-33(6,35(31)29(44-35)30(39)42-28)27(38)25(37)26-32(5,15-11-19(2)3)43-23-17-24(36)41-18-34(22,23)26/h13,16,19,22-23,26-29,38H,7-12,14-15,17-18H2,1-6H3/t22-,23+,26+,27-,28-,29-,31-,32+,33+,34-,35+/m1/s1. The Morgan fingerprint density at radius 2 is 1.84 bits per heavy atom. The molecule has 0 unspecified atom stereocenters. The fourth-order valence-corrected chi connectivity index (χ4v) is 11.0. The predicted molar refractivity (Wildman–Crippen MR) is 157 cm³/mol. The van der Waals surface area contributed by atoms with Crippen LogP contribution in [0, 0.1) is 34.0 Å². The van der Waals surface area contributed by atoms with Gasteiger partial charge < -0.3 is 28.5 Å². The van der Waals surface area contributed by atoms with Crippen molar-refractivity contribution in [3.05, 3.63) is 23.7 Å². The molecule has 1 N–H and O–H groups in total. The van der Waals surface area contributed by atoms with Crippen LogP contribution in [0.2, 0.25) is 0 Å². The topological polar surface area (TPSA) is 125 Å². The first-order valence-electron chi connectivity index (χ1n) is 16.8. The van der Waals surface area contributed by atoms with Crippen LogP contribution in [0.5, 0.6) is 0 Å². The summed E-state index contributed by atoms with van der Waals surface area (Å²) >= 11 is 0. The number of esters is 2. The summed E-state index contributed by atoms with van der Waals surface area (Å²) in [7, 11) is 0. The predicted octanol–water partition coefficient (Wildman–Crippen LogP) is 5.26. The Kier molecular flexibility index (Phi) is 6.83. The number of ether oxygens (including phenoxy) is 4. The number of fused-ring (bicyclic) bond motifs is 1. The van der Waals surface area contributed by atoms with E-state index in [1.165, 1.54) is 0 Å². The Hall–Kier alpha value is -2.23. The van der Waals surface area contributed by atoms with Crippen LogP contribution in [-0.4, -0.2) is 58.9 Å². The van der Waals surface area contributed by atoms with Crippen molar-refractivity contribution in [3.63, 3.8) is 0 Å². The molecule has 1 aromatic rings. The monoisotopic (exact) mass is 612 g/mol. The minimum atomic E-state index is -1.38. The number of carbonyl (C=O) groups excluding carboxylic acids is 3. The molecule has 0 aromatic carbocycles. The van der Waals surface area contributed by atoms with E-state index in [4.69, 9.17) is 23.4 Å². The number of aliphatic hydroxyl groups excluding tert-OH is 1. The number of ketones is 1. The summed E-state index contributed by atoms with van der Waals surface area (Å²) < 4.78 is 31.3. The number of aryl methyl sites for hydroxylation is 1. The summed E-state index contributed by atoms with van der Waals surface area (Å²) in [6, 6.07) is 1.90. The number of rotatable bonds is 8. The molecule has 6 aliphatic rings. The third kappa shape index (κ3) is 3.61. The van der Waals surface area contributed by atoms with Crippen LogP contribution in [-0.2, 0) is 39.8 Å². The second-order valence-corrected chi connectivity index (χ2v) is 15.7. The van der Waals surface area contributed by atoms with Crippen molar-refractivity contribution in [2.45, 2.75) is 135 Å². The number of epoxide rings is 1. The van der Waals surface area contributed by atoms with Gasteiger partial charge in [-0.25, -0.2) is 4.79 Å². The van der Waals surface area contributed by atoms with Gasteiger partial charge >= 0.3 is 11.9 Å². The fraction of sp³-hybridized carbons (Fsp3) is 0.800. The molecule has 4 saturated heterocycles. The van der Waals surface area contributed by atoms with Crippen molar-refractivity contribution in [1.29, 1.82) is 0 Å². The summed E-state index contributed by atoms with van der Waals surface area (Å²) in [6.45, 7) is 12.5. The molecule has 0 radical (unpaired) electrons. The molecule has 0 amide bonds. The lowest BCUT2D eigenvalue weighted by molar-refractivity contribution is -0.252. The van der Waals surface area contributed by atoms with E-state index in [1.54, 1.807) is 6.26 Å². The molecule has 11 atom stereocenters. The lowest BCUT2D eigenvalue weighted by Gasteiger charge is -2.66. The van der Waals surface area contributed by atoms with Crippen LogP contribution >= 0.6 is 0 Å². The number of Topliss-reactive ketones (excluding diaryl/α,β-unsaturated/α-hetero) is 1. The Morgan fingerprint density at radius 3 is 2.57 bits per heavy atom. The first kappa shape index (κ1) is 30.4. The molecule has 2 aliphatic carbocycles. The van der Waals surface area contributed by atoms with Crippen LogP contribution < -0.4 is 0 Å².